The van der Waals surface area contributed by atoms with Crippen LogP contribution >= 0.6 is 0 Å². The van der Waals surface area contributed by atoms with E-state index in [9.17, 15) is 9.90 Å². The molecule has 2 aromatic carbocycles. The molecule has 0 spiro atoms. The number of hydrogen-bond donors (Lipinski definition) is 1. The van der Waals surface area contributed by atoms with Gasteiger partial charge in [-0.1, -0.05) is 37.1 Å². The second-order valence-corrected chi connectivity index (χ2v) is 9.10. The summed E-state index contributed by atoms with van der Waals surface area (Å²) < 4.78 is 16.6. The number of hydrogen-bond acceptors (Lipinski definition) is 5. The Labute approximate surface area is 202 Å². The van der Waals surface area contributed by atoms with Crippen molar-refractivity contribution < 1.29 is 24.1 Å². The number of aliphatic hydroxyl groups is 1. The first-order valence-corrected chi connectivity index (χ1v) is 12.2. The highest BCUT2D eigenvalue weighted by Crippen LogP contribution is 2.50. The Morgan fingerprint density at radius 3 is 2.65 bits per heavy atom. The van der Waals surface area contributed by atoms with E-state index in [0.717, 1.165) is 42.6 Å². The van der Waals surface area contributed by atoms with E-state index in [0.29, 0.717) is 31.1 Å². The van der Waals surface area contributed by atoms with E-state index in [1.165, 1.54) is 0 Å². The van der Waals surface area contributed by atoms with Crippen molar-refractivity contribution in [2.75, 3.05) is 27.4 Å². The van der Waals surface area contributed by atoms with Crippen LogP contribution in [0.3, 0.4) is 0 Å². The zero-order valence-corrected chi connectivity index (χ0v) is 20.3. The largest absolute Gasteiger partial charge is 0.494 e. The smallest absolute Gasteiger partial charge is 0.247 e. The minimum absolute atomic E-state index is 0.0185. The van der Waals surface area contributed by atoms with Crippen LogP contribution in [0.15, 0.2) is 48.5 Å². The molecule has 1 heterocycles. The molecule has 3 atom stereocenters. The van der Waals surface area contributed by atoms with Crippen molar-refractivity contribution in [2.24, 2.45) is 5.92 Å². The molecule has 34 heavy (non-hydrogen) atoms. The van der Waals surface area contributed by atoms with E-state index in [1.807, 2.05) is 54.3 Å². The molecule has 0 bridgehead atoms. The number of benzene rings is 2. The quantitative estimate of drug-likeness (QED) is 0.582. The van der Waals surface area contributed by atoms with Gasteiger partial charge in [0.05, 0.1) is 32.5 Å². The number of piperidine rings is 1. The molecule has 1 amide bonds. The predicted octanol–water partition coefficient (Wildman–Crippen LogP) is 5.01. The fourth-order valence-electron chi connectivity index (χ4n) is 5.55. The molecule has 1 aliphatic carbocycles. The molecule has 6 nitrogen and oxygen atoms in total. The third kappa shape index (κ3) is 4.78. The van der Waals surface area contributed by atoms with Gasteiger partial charge >= 0.3 is 0 Å². The van der Waals surface area contributed by atoms with Gasteiger partial charge in [-0.3, -0.25) is 4.79 Å². The summed E-state index contributed by atoms with van der Waals surface area (Å²) in [6.07, 6.45) is 7.78. The van der Waals surface area contributed by atoms with Crippen molar-refractivity contribution in [1.29, 1.82) is 0 Å². The van der Waals surface area contributed by atoms with E-state index in [1.54, 1.807) is 26.4 Å². The molecule has 1 saturated carbocycles. The molecule has 182 valence electrons. The fraction of sp³-hybridized carbons (Fsp3) is 0.464. The number of ether oxygens (including phenoxy) is 3. The third-order valence-electron chi connectivity index (χ3n) is 7.21. The lowest BCUT2D eigenvalue weighted by Gasteiger charge is -2.52. The number of rotatable bonds is 7. The van der Waals surface area contributed by atoms with Gasteiger partial charge in [-0.05, 0) is 56.0 Å². The molecule has 0 radical (unpaired) electrons. The van der Waals surface area contributed by atoms with Crippen LogP contribution in [0.5, 0.6) is 17.2 Å². The summed E-state index contributed by atoms with van der Waals surface area (Å²) >= 11 is 0. The Morgan fingerprint density at radius 1 is 1.09 bits per heavy atom. The topological polar surface area (TPSA) is 68.2 Å². The van der Waals surface area contributed by atoms with Crippen LogP contribution < -0.4 is 14.2 Å². The number of carbonyl (C=O) groups excluding carboxylic acids is 1. The van der Waals surface area contributed by atoms with Crippen molar-refractivity contribution >= 4 is 12.0 Å². The van der Waals surface area contributed by atoms with Gasteiger partial charge in [0, 0.05) is 24.1 Å². The first-order chi connectivity index (χ1) is 16.5. The first kappa shape index (κ1) is 24.1. The Bertz CT molecular complexity index is 1040. The highest BCUT2D eigenvalue weighted by atomic mass is 16.5. The lowest BCUT2D eigenvalue weighted by molar-refractivity contribution is -0.151. The maximum Gasteiger partial charge on any atom is 0.247 e. The molecular formula is C28H35NO5. The van der Waals surface area contributed by atoms with Crippen LogP contribution in [0.1, 0.15) is 56.2 Å². The lowest BCUT2D eigenvalue weighted by Crippen LogP contribution is -2.56. The second-order valence-electron chi connectivity index (χ2n) is 9.10. The highest BCUT2D eigenvalue weighted by molar-refractivity contribution is 5.92. The van der Waals surface area contributed by atoms with Gasteiger partial charge in [-0.2, -0.15) is 0 Å². The normalized spacial score (nSPS) is 24.5. The fourth-order valence-corrected chi connectivity index (χ4v) is 5.55. The zero-order chi connectivity index (χ0) is 24.1. The summed E-state index contributed by atoms with van der Waals surface area (Å²) in [6.45, 7) is 3.02. The molecule has 1 aliphatic heterocycles. The van der Waals surface area contributed by atoms with Crippen molar-refractivity contribution in [1.82, 2.24) is 4.90 Å². The van der Waals surface area contributed by atoms with Gasteiger partial charge in [0.2, 0.25) is 5.91 Å². The number of carbonyl (C=O) groups is 1. The van der Waals surface area contributed by atoms with Crippen molar-refractivity contribution in [3.05, 3.63) is 59.7 Å². The van der Waals surface area contributed by atoms with Crippen LogP contribution in [-0.4, -0.2) is 48.9 Å². The lowest BCUT2D eigenvalue weighted by atomic mass is 9.66. The first-order valence-electron chi connectivity index (χ1n) is 12.2. The summed E-state index contributed by atoms with van der Waals surface area (Å²) in [6, 6.07) is 13.3. The standard InChI is InChI=1S/C28H35NO5/c1-4-34-23-11-6-5-9-21(23)27-22-10-7-8-16-28(22,31)17-18-29(27)26(30)15-13-20-12-14-24(32-2)25(19-20)33-3/h5-6,9,11-15,19,22,27,31H,4,7-8,10,16-18H2,1-3H3/t22-,27-,28+/m1/s1. The molecule has 2 aromatic rings. The molecule has 4 rings (SSSR count). The molecule has 1 N–H and O–H groups in total. The Kier molecular flexibility index (Phi) is 7.47. The molecular weight excluding hydrogens is 430 g/mol. The average Bonchev–Trinajstić information content (AvgIpc) is 2.86. The van der Waals surface area contributed by atoms with Crippen molar-refractivity contribution in [3.8, 4) is 17.2 Å². The average molecular weight is 466 g/mol. The molecule has 1 saturated heterocycles. The van der Waals surface area contributed by atoms with E-state index in [4.69, 9.17) is 14.2 Å². The Hall–Kier alpha value is -2.99. The zero-order valence-electron chi connectivity index (χ0n) is 20.3. The van der Waals surface area contributed by atoms with Crippen molar-refractivity contribution in [3.63, 3.8) is 0 Å². The summed E-state index contributed by atoms with van der Waals surface area (Å²) in [5.41, 5.74) is 1.08. The van der Waals surface area contributed by atoms with Gasteiger partial charge in [-0.15, -0.1) is 0 Å². The molecule has 0 aromatic heterocycles. The van der Waals surface area contributed by atoms with Crippen LogP contribution in [-0.2, 0) is 4.79 Å². The highest BCUT2D eigenvalue weighted by Gasteiger charge is 2.50. The third-order valence-corrected chi connectivity index (χ3v) is 7.21. The van der Waals surface area contributed by atoms with Crippen LogP contribution in [0.4, 0.5) is 0 Å². The van der Waals surface area contributed by atoms with E-state index < -0.39 is 5.60 Å². The Balaban J connectivity index is 1.66. The minimum Gasteiger partial charge on any atom is -0.494 e. The van der Waals surface area contributed by atoms with Gasteiger partial charge in [-0.25, -0.2) is 0 Å². The molecule has 2 aliphatic rings. The van der Waals surface area contributed by atoms with Crippen LogP contribution in [0, 0.1) is 5.92 Å². The molecule has 2 fully saturated rings. The van der Waals surface area contributed by atoms with Crippen LogP contribution in [0.2, 0.25) is 0 Å². The summed E-state index contributed by atoms with van der Waals surface area (Å²) in [5.74, 6) is 1.96. The summed E-state index contributed by atoms with van der Waals surface area (Å²) in [5, 5.41) is 11.5. The van der Waals surface area contributed by atoms with Gasteiger partial charge < -0.3 is 24.2 Å². The van der Waals surface area contributed by atoms with E-state index in [2.05, 4.69) is 0 Å². The van der Waals surface area contributed by atoms with Gasteiger partial charge in [0.15, 0.2) is 11.5 Å². The number of amides is 1. The monoisotopic (exact) mass is 465 g/mol. The predicted molar refractivity (Wildman–Crippen MR) is 132 cm³/mol. The number of para-hydroxylation sites is 1. The minimum atomic E-state index is -0.744. The van der Waals surface area contributed by atoms with E-state index >= 15 is 0 Å². The number of likely N-dealkylation sites (tertiary alicyclic amines) is 1. The SMILES string of the molecule is CCOc1ccccc1[C@@H]1[C@H]2CCCC[C@]2(O)CCN1C(=O)C=Cc1ccc(OC)c(OC)c1. The van der Waals surface area contributed by atoms with Crippen LogP contribution in [0.25, 0.3) is 6.08 Å². The maximum absolute atomic E-state index is 13.5. The molecule has 6 heteroatoms. The van der Waals surface area contributed by atoms with Gasteiger partial charge in [0.1, 0.15) is 5.75 Å². The summed E-state index contributed by atoms with van der Waals surface area (Å²) in [7, 11) is 3.19. The summed E-state index contributed by atoms with van der Waals surface area (Å²) in [4.78, 5) is 15.5. The number of fused-ring (bicyclic) bond motifs is 1. The Morgan fingerprint density at radius 2 is 1.88 bits per heavy atom. The number of nitrogens with zero attached hydrogens (tertiary/aromatic N) is 1. The second kappa shape index (κ2) is 10.5. The van der Waals surface area contributed by atoms with E-state index in [-0.39, 0.29) is 17.9 Å². The van der Waals surface area contributed by atoms with Gasteiger partial charge in [0.25, 0.3) is 0 Å². The van der Waals surface area contributed by atoms with Crippen molar-refractivity contribution in [2.45, 2.75) is 50.7 Å². The number of methoxy groups -OCH3 is 2. The molecule has 0 unspecified atom stereocenters. The maximum atomic E-state index is 13.5.